The van der Waals surface area contributed by atoms with Gasteiger partial charge in [-0.1, -0.05) is 37.6 Å². The first kappa shape index (κ1) is 20.5. The van der Waals surface area contributed by atoms with Crippen LogP contribution >= 0.6 is 0 Å². The molecule has 0 atom stereocenters. The van der Waals surface area contributed by atoms with Crippen LogP contribution in [0.4, 0.5) is 26.3 Å². The van der Waals surface area contributed by atoms with Crippen LogP contribution in [0.2, 0.25) is 0 Å². The first-order valence-electron chi connectivity index (χ1n) is 9.71. The molecule has 6 heteroatoms. The number of hydrogen-bond donors (Lipinski definition) is 0. The van der Waals surface area contributed by atoms with Crippen molar-refractivity contribution < 1.29 is 26.3 Å². The molecule has 0 aromatic heterocycles. The number of alkyl halides is 3. The van der Waals surface area contributed by atoms with Crippen molar-refractivity contribution in [2.24, 2.45) is 0 Å². The van der Waals surface area contributed by atoms with Crippen LogP contribution in [-0.2, 0) is 25.4 Å². The average molecular weight is 420 g/mol. The van der Waals surface area contributed by atoms with Crippen LogP contribution in [0.3, 0.4) is 0 Å². The van der Waals surface area contributed by atoms with E-state index in [9.17, 15) is 22.0 Å². The number of hydrogen-bond acceptors (Lipinski definition) is 0. The normalized spacial score (nSPS) is 13.2. The summed E-state index contributed by atoms with van der Waals surface area (Å²) in [6.45, 7) is 2.07. The zero-order valence-corrected chi connectivity index (χ0v) is 16.1. The maximum Gasteiger partial charge on any atom is 0.419 e. The highest BCUT2D eigenvalue weighted by Crippen LogP contribution is 2.41. The van der Waals surface area contributed by atoms with Crippen LogP contribution in [0.1, 0.15) is 35.6 Å². The zero-order chi connectivity index (χ0) is 21.6. The maximum absolute atomic E-state index is 15.3. The number of benzene rings is 3. The maximum atomic E-state index is 15.3. The van der Waals surface area contributed by atoms with Crippen molar-refractivity contribution in [3.63, 3.8) is 0 Å². The second-order valence-electron chi connectivity index (χ2n) is 7.51. The molecule has 3 aromatic carbocycles. The lowest BCUT2D eigenvalue weighted by Crippen LogP contribution is -2.10. The van der Waals surface area contributed by atoms with E-state index >= 15 is 4.39 Å². The Hall–Kier alpha value is -2.76. The Bertz CT molecular complexity index is 1130. The van der Waals surface area contributed by atoms with Crippen molar-refractivity contribution in [3.8, 4) is 22.3 Å². The summed E-state index contributed by atoms with van der Waals surface area (Å²) in [6.07, 6.45) is -2.06. The smallest absolute Gasteiger partial charge is 0.206 e. The van der Waals surface area contributed by atoms with E-state index < -0.39 is 34.8 Å². The Balaban J connectivity index is 1.82. The number of halogens is 6. The molecule has 0 unspecified atom stereocenters. The predicted molar refractivity (Wildman–Crippen MR) is 104 cm³/mol. The fourth-order valence-electron chi connectivity index (χ4n) is 4.13. The summed E-state index contributed by atoms with van der Waals surface area (Å²) in [5.74, 6) is -3.35. The van der Waals surface area contributed by atoms with Gasteiger partial charge in [-0.05, 0) is 70.8 Å². The SMILES string of the molecule is CCCc1ccc2c(c1)CCc1c-2cc(F)c(-c2ccc(C(F)(F)F)c(F)c2)c1F. The van der Waals surface area contributed by atoms with Gasteiger partial charge in [0.1, 0.15) is 17.5 Å². The van der Waals surface area contributed by atoms with Crippen LogP contribution in [0.5, 0.6) is 0 Å². The van der Waals surface area contributed by atoms with Crippen molar-refractivity contribution in [1.29, 1.82) is 0 Å². The summed E-state index contributed by atoms with van der Waals surface area (Å²) in [6, 6.07) is 8.98. The third-order valence-corrected chi connectivity index (χ3v) is 5.53. The van der Waals surface area contributed by atoms with E-state index in [-0.39, 0.29) is 5.56 Å². The zero-order valence-electron chi connectivity index (χ0n) is 16.1. The van der Waals surface area contributed by atoms with E-state index in [1.54, 1.807) is 0 Å². The predicted octanol–water partition coefficient (Wildman–Crippen LogP) is 7.51. The van der Waals surface area contributed by atoms with Gasteiger partial charge in [0.05, 0.1) is 11.1 Å². The average Bonchev–Trinajstić information content (AvgIpc) is 2.67. The molecule has 0 N–H and O–H groups in total. The van der Waals surface area contributed by atoms with Crippen LogP contribution in [0.15, 0.2) is 42.5 Å². The van der Waals surface area contributed by atoms with E-state index in [4.69, 9.17) is 0 Å². The van der Waals surface area contributed by atoms with Crippen molar-refractivity contribution in [1.82, 2.24) is 0 Å². The fourth-order valence-corrected chi connectivity index (χ4v) is 4.13. The molecule has 0 radical (unpaired) electrons. The third-order valence-electron chi connectivity index (χ3n) is 5.53. The summed E-state index contributed by atoms with van der Waals surface area (Å²) < 4.78 is 82.5. The molecule has 0 saturated heterocycles. The quantitative estimate of drug-likeness (QED) is 0.385. The van der Waals surface area contributed by atoms with Gasteiger partial charge >= 0.3 is 6.18 Å². The molecule has 0 heterocycles. The molecule has 1 aliphatic rings. The Kier molecular flexibility index (Phi) is 5.12. The van der Waals surface area contributed by atoms with Crippen LogP contribution < -0.4 is 0 Å². The third kappa shape index (κ3) is 3.48. The molecule has 0 spiro atoms. The van der Waals surface area contributed by atoms with Gasteiger partial charge in [0.25, 0.3) is 0 Å². The number of rotatable bonds is 3. The van der Waals surface area contributed by atoms with Gasteiger partial charge in [-0.15, -0.1) is 0 Å². The molecule has 0 nitrogen and oxygen atoms in total. The largest absolute Gasteiger partial charge is 0.419 e. The minimum atomic E-state index is -4.88. The molecule has 3 aromatic rings. The standard InChI is InChI=1S/C24H18F6/c1-2-3-13-4-7-16-14(10-13)5-8-17-18(16)12-21(26)22(23(17)27)15-6-9-19(20(25)11-15)24(28,29)30/h4,6-7,9-12H,2-3,5,8H2,1H3. The van der Waals surface area contributed by atoms with Crippen molar-refractivity contribution in [2.75, 3.05) is 0 Å². The summed E-state index contributed by atoms with van der Waals surface area (Å²) in [5, 5.41) is 0. The van der Waals surface area contributed by atoms with E-state index in [0.717, 1.165) is 35.6 Å². The first-order valence-corrected chi connectivity index (χ1v) is 9.71. The van der Waals surface area contributed by atoms with Gasteiger partial charge in [-0.2, -0.15) is 13.2 Å². The van der Waals surface area contributed by atoms with E-state index in [2.05, 4.69) is 13.0 Å². The first-order chi connectivity index (χ1) is 14.2. The highest BCUT2D eigenvalue weighted by Gasteiger charge is 2.34. The molecule has 156 valence electrons. The molecule has 1 aliphatic carbocycles. The summed E-state index contributed by atoms with van der Waals surface area (Å²) in [4.78, 5) is 0. The second-order valence-corrected chi connectivity index (χ2v) is 7.51. The van der Waals surface area contributed by atoms with Gasteiger partial charge in [-0.25, -0.2) is 13.2 Å². The van der Waals surface area contributed by atoms with Crippen molar-refractivity contribution in [3.05, 3.63) is 82.2 Å². The Labute approximate surface area is 170 Å². The second kappa shape index (κ2) is 7.49. The molecule has 0 fully saturated rings. The monoisotopic (exact) mass is 420 g/mol. The van der Waals surface area contributed by atoms with Crippen LogP contribution in [0, 0.1) is 17.5 Å². The molecule has 0 bridgehead atoms. The Morgan fingerprint density at radius 2 is 1.60 bits per heavy atom. The molecule has 0 amide bonds. The van der Waals surface area contributed by atoms with Gasteiger partial charge in [0, 0.05) is 0 Å². The highest BCUT2D eigenvalue weighted by atomic mass is 19.4. The number of aryl methyl sites for hydroxylation is 2. The van der Waals surface area contributed by atoms with Gasteiger partial charge in [-0.3, -0.25) is 0 Å². The molecular formula is C24H18F6. The van der Waals surface area contributed by atoms with E-state index in [0.29, 0.717) is 36.1 Å². The van der Waals surface area contributed by atoms with Crippen LogP contribution in [-0.4, -0.2) is 0 Å². The van der Waals surface area contributed by atoms with Gasteiger partial charge < -0.3 is 0 Å². The minimum absolute atomic E-state index is 0.262. The van der Waals surface area contributed by atoms with E-state index in [1.807, 2.05) is 12.1 Å². The summed E-state index contributed by atoms with van der Waals surface area (Å²) in [5.41, 5.74) is 1.42. The topological polar surface area (TPSA) is 0 Å². The molecular weight excluding hydrogens is 402 g/mol. The molecule has 4 rings (SSSR count). The number of fused-ring (bicyclic) bond motifs is 3. The van der Waals surface area contributed by atoms with E-state index in [1.165, 1.54) is 6.07 Å². The minimum Gasteiger partial charge on any atom is -0.206 e. The Morgan fingerprint density at radius 1 is 0.833 bits per heavy atom. The van der Waals surface area contributed by atoms with Gasteiger partial charge in [0.2, 0.25) is 0 Å². The van der Waals surface area contributed by atoms with Gasteiger partial charge in [0.15, 0.2) is 0 Å². The highest BCUT2D eigenvalue weighted by molar-refractivity contribution is 5.78. The Morgan fingerprint density at radius 3 is 2.27 bits per heavy atom. The summed E-state index contributed by atoms with van der Waals surface area (Å²) in [7, 11) is 0. The molecule has 0 aliphatic heterocycles. The lowest BCUT2D eigenvalue weighted by atomic mass is 9.82. The molecule has 30 heavy (non-hydrogen) atoms. The van der Waals surface area contributed by atoms with Crippen molar-refractivity contribution in [2.45, 2.75) is 38.8 Å². The van der Waals surface area contributed by atoms with Crippen LogP contribution in [0.25, 0.3) is 22.3 Å². The summed E-state index contributed by atoms with van der Waals surface area (Å²) >= 11 is 0. The lowest BCUT2D eigenvalue weighted by molar-refractivity contribution is -0.139. The molecule has 0 saturated carbocycles. The van der Waals surface area contributed by atoms with Crippen molar-refractivity contribution >= 4 is 0 Å². The lowest BCUT2D eigenvalue weighted by Gasteiger charge is -2.23. The fraction of sp³-hybridized carbons (Fsp3) is 0.250.